The van der Waals surface area contributed by atoms with E-state index in [9.17, 15) is 9.90 Å². The van der Waals surface area contributed by atoms with Gasteiger partial charge in [-0.05, 0) is 87.4 Å². The fourth-order valence-electron chi connectivity index (χ4n) is 7.88. The second kappa shape index (κ2) is 5.58. The maximum absolute atomic E-state index is 11.8. The summed E-state index contributed by atoms with van der Waals surface area (Å²) in [6.45, 7) is 4.51. The van der Waals surface area contributed by atoms with Crippen molar-refractivity contribution in [1.82, 2.24) is 0 Å². The van der Waals surface area contributed by atoms with Crippen molar-refractivity contribution in [3.05, 3.63) is 0 Å². The van der Waals surface area contributed by atoms with Crippen molar-refractivity contribution in [2.45, 2.75) is 90.1 Å². The molecule has 1 unspecified atom stereocenters. The Labute approximate surface area is 141 Å². The Morgan fingerprint density at radius 3 is 2.52 bits per heavy atom. The molecule has 4 fully saturated rings. The minimum atomic E-state index is -0.406. The summed E-state index contributed by atoms with van der Waals surface area (Å²) in [5.41, 5.74) is -0.211. The van der Waals surface area contributed by atoms with E-state index in [1.165, 1.54) is 32.1 Å². The second-order valence-corrected chi connectivity index (χ2v) is 9.19. The molecule has 0 bridgehead atoms. The van der Waals surface area contributed by atoms with Crippen LogP contribution in [0.2, 0.25) is 0 Å². The summed E-state index contributed by atoms with van der Waals surface area (Å²) in [4.78, 5) is 11.8. The highest BCUT2D eigenvalue weighted by Crippen LogP contribution is 2.67. The van der Waals surface area contributed by atoms with Gasteiger partial charge in [0.15, 0.2) is 0 Å². The van der Waals surface area contributed by atoms with Gasteiger partial charge in [-0.3, -0.25) is 4.79 Å². The number of carbonyl (C=O) groups excluding carboxylic acids is 1. The molecule has 4 aliphatic carbocycles. The Balaban J connectivity index is 1.61. The molecular formula is C21H34O2. The Hall–Kier alpha value is -0.370. The molecule has 130 valence electrons. The zero-order valence-electron chi connectivity index (χ0n) is 15.0. The monoisotopic (exact) mass is 318 g/mol. The zero-order chi connectivity index (χ0) is 16.2. The van der Waals surface area contributed by atoms with Crippen LogP contribution in [-0.2, 0) is 4.79 Å². The van der Waals surface area contributed by atoms with E-state index in [4.69, 9.17) is 0 Å². The lowest BCUT2D eigenvalue weighted by Crippen LogP contribution is -2.54. The quantitative estimate of drug-likeness (QED) is 0.798. The summed E-state index contributed by atoms with van der Waals surface area (Å²) >= 11 is 0. The number of rotatable bonds is 2. The summed E-state index contributed by atoms with van der Waals surface area (Å²) in [7, 11) is 0. The third-order valence-electron chi connectivity index (χ3n) is 8.98. The molecule has 0 aromatic rings. The van der Waals surface area contributed by atoms with Gasteiger partial charge in [0, 0.05) is 18.3 Å². The van der Waals surface area contributed by atoms with Crippen LogP contribution in [0.5, 0.6) is 0 Å². The highest BCUT2D eigenvalue weighted by atomic mass is 16.3. The van der Waals surface area contributed by atoms with Crippen molar-refractivity contribution < 1.29 is 9.90 Å². The van der Waals surface area contributed by atoms with E-state index >= 15 is 0 Å². The van der Waals surface area contributed by atoms with Gasteiger partial charge in [0.05, 0.1) is 5.60 Å². The number of fused-ring (bicyclic) bond motifs is 5. The molecule has 0 amide bonds. The SMILES string of the molecule is CC[C@]1(O)CC[C@H]2[C@@H]3CCC4CC(=O)CC[C@@H]4[C@H]3CC[C@@]21CC. The van der Waals surface area contributed by atoms with Crippen LogP contribution in [0.15, 0.2) is 0 Å². The summed E-state index contributed by atoms with van der Waals surface area (Å²) in [6.07, 6.45) is 12.4. The molecule has 0 aromatic carbocycles. The van der Waals surface area contributed by atoms with E-state index in [0.29, 0.717) is 11.7 Å². The third kappa shape index (κ3) is 2.12. The van der Waals surface area contributed by atoms with E-state index in [2.05, 4.69) is 13.8 Å². The maximum atomic E-state index is 11.8. The van der Waals surface area contributed by atoms with Gasteiger partial charge in [-0.2, -0.15) is 0 Å². The molecule has 0 aromatic heterocycles. The fraction of sp³-hybridized carbons (Fsp3) is 0.952. The summed E-state index contributed by atoms with van der Waals surface area (Å²) in [5.74, 6) is 4.46. The van der Waals surface area contributed by atoms with Crippen molar-refractivity contribution in [2.24, 2.45) is 35.0 Å². The van der Waals surface area contributed by atoms with Crippen molar-refractivity contribution in [1.29, 1.82) is 0 Å². The Morgan fingerprint density at radius 1 is 0.957 bits per heavy atom. The number of carbonyl (C=O) groups is 1. The molecule has 4 rings (SSSR count). The molecule has 0 heterocycles. The van der Waals surface area contributed by atoms with Gasteiger partial charge in [-0.15, -0.1) is 0 Å². The van der Waals surface area contributed by atoms with E-state index in [1.54, 1.807) is 0 Å². The summed E-state index contributed by atoms with van der Waals surface area (Å²) < 4.78 is 0. The first-order valence-electron chi connectivity index (χ1n) is 10.3. The molecule has 4 saturated carbocycles. The average molecular weight is 319 g/mol. The van der Waals surface area contributed by atoms with E-state index in [1.807, 2.05) is 0 Å². The number of ketones is 1. The van der Waals surface area contributed by atoms with E-state index < -0.39 is 5.60 Å². The van der Waals surface area contributed by atoms with Crippen LogP contribution in [0.4, 0.5) is 0 Å². The predicted octanol–water partition coefficient (Wildman–Crippen LogP) is 4.74. The van der Waals surface area contributed by atoms with Crippen LogP contribution < -0.4 is 0 Å². The summed E-state index contributed by atoms with van der Waals surface area (Å²) in [5, 5.41) is 11.4. The van der Waals surface area contributed by atoms with Gasteiger partial charge in [0.1, 0.15) is 5.78 Å². The lowest BCUT2D eigenvalue weighted by Gasteiger charge is -2.58. The lowest BCUT2D eigenvalue weighted by atomic mass is 9.48. The minimum Gasteiger partial charge on any atom is -0.389 e. The maximum Gasteiger partial charge on any atom is 0.133 e. The second-order valence-electron chi connectivity index (χ2n) is 9.19. The first-order valence-corrected chi connectivity index (χ1v) is 10.3. The Kier molecular flexibility index (Phi) is 3.91. The Bertz CT molecular complexity index is 486. The van der Waals surface area contributed by atoms with Crippen molar-refractivity contribution >= 4 is 5.78 Å². The third-order valence-corrected chi connectivity index (χ3v) is 8.98. The van der Waals surface area contributed by atoms with Gasteiger partial charge < -0.3 is 5.11 Å². The molecule has 0 spiro atoms. The first kappa shape index (κ1) is 16.1. The molecule has 7 atom stereocenters. The first-order chi connectivity index (χ1) is 11.0. The largest absolute Gasteiger partial charge is 0.389 e. The molecular weight excluding hydrogens is 284 g/mol. The topological polar surface area (TPSA) is 37.3 Å². The van der Waals surface area contributed by atoms with Gasteiger partial charge >= 0.3 is 0 Å². The van der Waals surface area contributed by atoms with Crippen molar-refractivity contribution in [3.8, 4) is 0 Å². The standard InChI is InChI=1S/C21H34O2/c1-3-20-11-9-17-16-8-6-15(22)13-14(16)5-7-18(17)19(20)10-12-21(20,23)4-2/h14,16-19,23H,3-13H2,1-2H3/t14?,16-,17+,18+,19-,20-,21-/m0/s1. The normalized spacial score (nSPS) is 52.7. The van der Waals surface area contributed by atoms with Gasteiger partial charge in [0.2, 0.25) is 0 Å². The molecule has 2 nitrogen and oxygen atoms in total. The average Bonchev–Trinajstić information content (AvgIpc) is 2.88. The molecule has 1 N–H and O–H groups in total. The number of hydrogen-bond donors (Lipinski definition) is 1. The molecule has 2 heteroatoms. The fourth-order valence-corrected chi connectivity index (χ4v) is 7.88. The Morgan fingerprint density at radius 2 is 1.78 bits per heavy atom. The zero-order valence-corrected chi connectivity index (χ0v) is 15.0. The van der Waals surface area contributed by atoms with Gasteiger partial charge in [0.25, 0.3) is 0 Å². The highest BCUT2D eigenvalue weighted by Gasteiger charge is 2.63. The van der Waals surface area contributed by atoms with Crippen LogP contribution in [-0.4, -0.2) is 16.5 Å². The van der Waals surface area contributed by atoms with E-state index in [-0.39, 0.29) is 5.41 Å². The molecule has 4 aliphatic rings. The lowest BCUT2D eigenvalue weighted by molar-refractivity contribution is -0.146. The van der Waals surface area contributed by atoms with Crippen LogP contribution in [0, 0.1) is 35.0 Å². The van der Waals surface area contributed by atoms with Crippen LogP contribution in [0.25, 0.3) is 0 Å². The highest BCUT2D eigenvalue weighted by molar-refractivity contribution is 5.79. The van der Waals surface area contributed by atoms with E-state index in [0.717, 1.165) is 62.2 Å². The molecule has 23 heavy (non-hydrogen) atoms. The summed E-state index contributed by atoms with van der Waals surface area (Å²) in [6, 6.07) is 0. The number of Topliss-reactive ketones (excluding diaryl/α,β-unsaturated/α-hetero) is 1. The smallest absolute Gasteiger partial charge is 0.133 e. The van der Waals surface area contributed by atoms with Crippen molar-refractivity contribution in [3.63, 3.8) is 0 Å². The van der Waals surface area contributed by atoms with Gasteiger partial charge in [-0.1, -0.05) is 13.8 Å². The van der Waals surface area contributed by atoms with Crippen LogP contribution in [0.1, 0.15) is 84.5 Å². The predicted molar refractivity (Wildman–Crippen MR) is 92.0 cm³/mol. The van der Waals surface area contributed by atoms with Gasteiger partial charge in [-0.25, -0.2) is 0 Å². The molecule has 0 aliphatic heterocycles. The molecule has 0 radical (unpaired) electrons. The van der Waals surface area contributed by atoms with Crippen LogP contribution >= 0.6 is 0 Å². The number of aliphatic hydroxyl groups is 1. The van der Waals surface area contributed by atoms with Crippen LogP contribution in [0.3, 0.4) is 0 Å². The van der Waals surface area contributed by atoms with Crippen molar-refractivity contribution in [2.75, 3.05) is 0 Å². The minimum absolute atomic E-state index is 0.195. The number of hydrogen-bond acceptors (Lipinski definition) is 2. The molecule has 0 saturated heterocycles.